The van der Waals surface area contributed by atoms with Gasteiger partial charge in [0.15, 0.2) is 5.78 Å². The summed E-state index contributed by atoms with van der Waals surface area (Å²) in [5, 5.41) is 1.01. The van der Waals surface area contributed by atoms with Crippen molar-refractivity contribution >= 4 is 38.9 Å². The standard InChI is InChI=1S/C31H24ClFN4O2S/c1-15-35-20-10-16(3-7-25(20)40-15)21-14-34-30(36-21)23-6-5-22-28-18(11-26(39)37(22)23)27-17(2-4-19(32)29(27)33)12-31(8-9-31)13-24(28)38/h2-4,7,10-11,14,23H,5-6,8-9,12-13H2,1H3,(H,34,36)/t23-/m1/s1. The van der Waals surface area contributed by atoms with Crippen LogP contribution in [0.15, 0.2) is 47.4 Å². The Kier molecular flexibility index (Phi) is 5.11. The number of hydrogen-bond donors (Lipinski definition) is 1. The van der Waals surface area contributed by atoms with Gasteiger partial charge in [-0.15, -0.1) is 11.3 Å². The van der Waals surface area contributed by atoms with Crippen molar-refractivity contribution in [2.45, 2.75) is 51.5 Å². The van der Waals surface area contributed by atoms with Gasteiger partial charge in [0.25, 0.3) is 5.56 Å². The van der Waals surface area contributed by atoms with Crippen LogP contribution in [-0.2, 0) is 12.8 Å². The third-order valence-corrected chi connectivity index (χ3v) is 10.1. The molecular weight excluding hydrogens is 547 g/mol. The van der Waals surface area contributed by atoms with Crippen LogP contribution in [0.5, 0.6) is 0 Å². The van der Waals surface area contributed by atoms with E-state index in [0.29, 0.717) is 53.9 Å². The van der Waals surface area contributed by atoms with E-state index in [1.165, 1.54) is 6.07 Å². The molecule has 5 aromatic rings. The number of nitrogens with one attached hydrogen (secondary N) is 1. The Labute approximate surface area is 237 Å². The monoisotopic (exact) mass is 570 g/mol. The molecule has 9 heteroatoms. The van der Waals surface area contributed by atoms with Crippen LogP contribution in [0.4, 0.5) is 4.39 Å². The summed E-state index contributed by atoms with van der Waals surface area (Å²) in [7, 11) is 0. The van der Waals surface area contributed by atoms with Gasteiger partial charge in [-0.25, -0.2) is 14.4 Å². The molecule has 8 rings (SSSR count). The number of hydrogen-bond acceptors (Lipinski definition) is 5. The lowest BCUT2D eigenvalue weighted by Crippen LogP contribution is -2.28. The van der Waals surface area contributed by atoms with E-state index in [0.717, 1.165) is 44.9 Å². The van der Waals surface area contributed by atoms with E-state index in [4.69, 9.17) is 11.6 Å². The van der Waals surface area contributed by atoms with E-state index >= 15 is 4.39 Å². The number of aromatic amines is 1. The van der Waals surface area contributed by atoms with Crippen molar-refractivity contribution in [3.63, 3.8) is 0 Å². The maximum Gasteiger partial charge on any atom is 0.252 e. The summed E-state index contributed by atoms with van der Waals surface area (Å²) in [6, 6.07) is 10.7. The minimum atomic E-state index is -0.562. The quantitative estimate of drug-likeness (QED) is 0.246. The lowest BCUT2D eigenvalue weighted by atomic mass is 9.80. The molecule has 1 atom stereocenters. The molecule has 200 valence electrons. The van der Waals surface area contributed by atoms with Crippen LogP contribution < -0.4 is 5.56 Å². The molecule has 4 heterocycles. The Hall–Kier alpha value is -3.62. The molecule has 6 nitrogen and oxygen atoms in total. The second-order valence-electron chi connectivity index (χ2n) is 11.4. The van der Waals surface area contributed by atoms with Crippen LogP contribution in [0.2, 0.25) is 5.02 Å². The second kappa shape index (κ2) is 8.44. The number of imidazole rings is 1. The zero-order valence-electron chi connectivity index (χ0n) is 21.7. The fraction of sp³-hybridized carbons (Fsp3) is 0.290. The largest absolute Gasteiger partial charge is 0.340 e. The van der Waals surface area contributed by atoms with Gasteiger partial charge in [-0.3, -0.25) is 9.59 Å². The fourth-order valence-electron chi connectivity index (χ4n) is 6.75. The number of rotatable bonds is 2. The van der Waals surface area contributed by atoms with Crippen molar-refractivity contribution in [1.82, 2.24) is 19.5 Å². The van der Waals surface area contributed by atoms with Crippen molar-refractivity contribution in [3.05, 3.63) is 91.4 Å². The number of nitrogens with zero attached hydrogens (tertiary/aromatic N) is 3. The first-order valence-electron chi connectivity index (χ1n) is 13.5. The topological polar surface area (TPSA) is 80.6 Å². The molecule has 3 aliphatic rings. The molecule has 3 aromatic heterocycles. The van der Waals surface area contributed by atoms with Gasteiger partial charge in [-0.2, -0.15) is 0 Å². The summed E-state index contributed by atoms with van der Waals surface area (Å²) in [6.45, 7) is 1.99. The number of aryl methyl sites for hydroxylation is 1. The first kappa shape index (κ1) is 24.2. The second-order valence-corrected chi connectivity index (χ2v) is 13.1. The summed E-state index contributed by atoms with van der Waals surface area (Å²) in [4.78, 5) is 40.2. The van der Waals surface area contributed by atoms with Crippen LogP contribution in [-0.4, -0.2) is 25.3 Å². The summed E-state index contributed by atoms with van der Waals surface area (Å²) >= 11 is 7.87. The lowest BCUT2D eigenvalue weighted by Gasteiger charge is -2.25. The summed E-state index contributed by atoms with van der Waals surface area (Å²) in [5.74, 6) is 0.0821. The smallest absolute Gasteiger partial charge is 0.252 e. The Balaban J connectivity index is 1.26. The van der Waals surface area contributed by atoms with Crippen molar-refractivity contribution in [1.29, 1.82) is 0 Å². The van der Waals surface area contributed by atoms with Crippen LogP contribution in [0.25, 0.3) is 32.6 Å². The maximum absolute atomic E-state index is 15.6. The molecule has 1 N–H and O–H groups in total. The molecule has 1 saturated carbocycles. The van der Waals surface area contributed by atoms with E-state index in [1.54, 1.807) is 28.2 Å². The Morgan fingerprint density at radius 2 is 1.98 bits per heavy atom. The minimum Gasteiger partial charge on any atom is -0.340 e. The van der Waals surface area contributed by atoms with Crippen LogP contribution >= 0.6 is 22.9 Å². The number of thiazole rings is 1. The fourth-order valence-corrected chi connectivity index (χ4v) is 7.71. The van der Waals surface area contributed by atoms with Crippen LogP contribution in [0.1, 0.15) is 64.2 Å². The minimum absolute atomic E-state index is 0.00448. The molecule has 0 bridgehead atoms. The van der Waals surface area contributed by atoms with E-state index in [1.807, 2.05) is 25.1 Å². The number of carbonyl (C=O) groups excluding carboxylic acids is 1. The zero-order valence-corrected chi connectivity index (χ0v) is 23.3. The van der Waals surface area contributed by atoms with Crippen molar-refractivity contribution in [2.24, 2.45) is 5.41 Å². The summed E-state index contributed by atoms with van der Waals surface area (Å²) in [5.41, 5.74) is 4.96. The first-order chi connectivity index (χ1) is 19.3. The lowest BCUT2D eigenvalue weighted by molar-refractivity contribution is 0.0953. The SMILES string of the molecule is Cc1nc2cc(-c3cnc([C@H]4CCc5c6c(cc(=O)n54)-c4c(ccc(Cl)c4F)CC4(CC4)CC6=O)[nH]3)ccc2s1. The third-order valence-electron chi connectivity index (χ3n) is 8.82. The maximum atomic E-state index is 15.6. The number of aromatic nitrogens is 4. The molecular formula is C31H24ClFN4O2S. The highest BCUT2D eigenvalue weighted by Crippen LogP contribution is 2.55. The highest BCUT2D eigenvalue weighted by Gasteiger charge is 2.47. The number of carbonyl (C=O) groups is 1. The number of pyridine rings is 1. The molecule has 1 aliphatic heterocycles. The molecule has 0 saturated heterocycles. The number of Topliss-reactive ketones (excluding diaryl/α,β-unsaturated/α-hetero) is 1. The van der Waals surface area contributed by atoms with Crippen molar-refractivity contribution < 1.29 is 9.18 Å². The van der Waals surface area contributed by atoms with Crippen molar-refractivity contribution in [3.8, 4) is 22.4 Å². The molecule has 1 fully saturated rings. The number of fused-ring (bicyclic) bond motifs is 6. The number of benzene rings is 2. The predicted octanol–water partition coefficient (Wildman–Crippen LogP) is 7.06. The summed E-state index contributed by atoms with van der Waals surface area (Å²) in [6.07, 6.45) is 5.83. The number of H-pyrrole nitrogens is 1. The van der Waals surface area contributed by atoms with E-state index < -0.39 is 5.82 Å². The van der Waals surface area contributed by atoms with Crippen molar-refractivity contribution in [2.75, 3.05) is 0 Å². The normalized spacial score (nSPS) is 18.9. The van der Waals surface area contributed by atoms with E-state index in [9.17, 15) is 9.59 Å². The summed E-state index contributed by atoms with van der Waals surface area (Å²) < 4.78 is 18.4. The predicted molar refractivity (Wildman–Crippen MR) is 154 cm³/mol. The van der Waals surface area contributed by atoms with E-state index in [2.05, 4.69) is 21.0 Å². The molecule has 0 amide bonds. The van der Waals surface area contributed by atoms with Crippen LogP contribution in [0, 0.1) is 18.2 Å². The van der Waals surface area contributed by atoms with Gasteiger partial charge in [0.05, 0.1) is 38.2 Å². The first-order valence-corrected chi connectivity index (χ1v) is 14.7. The molecule has 0 radical (unpaired) electrons. The van der Waals surface area contributed by atoms with E-state index in [-0.39, 0.29) is 27.8 Å². The Morgan fingerprint density at radius 1 is 1.12 bits per heavy atom. The van der Waals surface area contributed by atoms with Gasteiger partial charge >= 0.3 is 0 Å². The van der Waals surface area contributed by atoms with Gasteiger partial charge in [0.1, 0.15) is 11.6 Å². The number of halogens is 2. The van der Waals surface area contributed by atoms with Gasteiger partial charge in [0, 0.05) is 40.4 Å². The van der Waals surface area contributed by atoms with Crippen LogP contribution in [0.3, 0.4) is 0 Å². The van der Waals surface area contributed by atoms with Gasteiger partial charge in [0.2, 0.25) is 0 Å². The third kappa shape index (κ3) is 3.58. The van der Waals surface area contributed by atoms with Gasteiger partial charge < -0.3 is 9.55 Å². The average Bonchev–Trinajstić information content (AvgIpc) is 3.28. The average molecular weight is 571 g/mol. The Bertz CT molecular complexity index is 1970. The highest BCUT2D eigenvalue weighted by atomic mass is 35.5. The Morgan fingerprint density at radius 3 is 2.80 bits per heavy atom. The highest BCUT2D eigenvalue weighted by molar-refractivity contribution is 7.18. The van der Waals surface area contributed by atoms with Gasteiger partial charge in [-0.05, 0) is 68.2 Å². The molecule has 0 unspecified atom stereocenters. The molecule has 40 heavy (non-hydrogen) atoms. The zero-order chi connectivity index (χ0) is 27.3. The van der Waals surface area contributed by atoms with Gasteiger partial charge in [-0.1, -0.05) is 23.7 Å². The molecule has 2 aromatic carbocycles. The number of ketones is 1. The molecule has 1 spiro atoms. The molecule has 2 aliphatic carbocycles.